The summed E-state index contributed by atoms with van der Waals surface area (Å²) in [6.45, 7) is 3.63. The lowest BCUT2D eigenvalue weighted by molar-refractivity contribution is 0.342. The Kier molecular flexibility index (Phi) is 2.49. The summed E-state index contributed by atoms with van der Waals surface area (Å²) in [4.78, 5) is 2.48. The monoisotopic (exact) mass is 180 g/mol. The van der Waals surface area contributed by atoms with E-state index in [-0.39, 0.29) is 0 Å². The van der Waals surface area contributed by atoms with Gasteiger partial charge in [0, 0.05) is 24.7 Å². The minimum absolute atomic E-state index is 0.594. The van der Waals surface area contributed by atoms with Crippen molar-refractivity contribution in [3.63, 3.8) is 0 Å². The summed E-state index contributed by atoms with van der Waals surface area (Å²) in [5, 5.41) is 6.82. The zero-order valence-corrected chi connectivity index (χ0v) is 7.79. The average molecular weight is 180 g/mol. The third-order valence-corrected chi connectivity index (χ3v) is 2.55. The number of nitrogens with two attached hydrogens (primary N) is 1. The van der Waals surface area contributed by atoms with Gasteiger partial charge in [-0.2, -0.15) is 5.10 Å². The summed E-state index contributed by atoms with van der Waals surface area (Å²) >= 11 is 0. The predicted octanol–water partition coefficient (Wildman–Crippen LogP) is 0.630. The molecule has 0 unspecified atom stereocenters. The van der Waals surface area contributed by atoms with Crippen LogP contribution >= 0.6 is 0 Å². The molecule has 2 rings (SSSR count). The molecular weight excluding hydrogens is 164 g/mol. The Morgan fingerprint density at radius 2 is 2.23 bits per heavy atom. The SMILES string of the molecule is Nc1cc(CCN2CCCC2)[nH]n1. The van der Waals surface area contributed by atoms with Crippen molar-refractivity contribution in [1.29, 1.82) is 0 Å². The molecule has 1 aliphatic rings. The van der Waals surface area contributed by atoms with E-state index in [1.807, 2.05) is 6.07 Å². The van der Waals surface area contributed by atoms with Gasteiger partial charge in [0.05, 0.1) is 0 Å². The standard InChI is InChI=1S/C9H16N4/c10-9-7-8(11-12-9)3-6-13-4-1-2-5-13/h7H,1-6H2,(H3,10,11,12). The van der Waals surface area contributed by atoms with Gasteiger partial charge in [-0.1, -0.05) is 0 Å². The van der Waals surface area contributed by atoms with E-state index in [0.29, 0.717) is 5.82 Å². The van der Waals surface area contributed by atoms with Gasteiger partial charge >= 0.3 is 0 Å². The maximum atomic E-state index is 5.51. The van der Waals surface area contributed by atoms with Crippen LogP contribution in [-0.2, 0) is 6.42 Å². The first-order valence-electron chi connectivity index (χ1n) is 4.87. The molecule has 0 radical (unpaired) electrons. The summed E-state index contributed by atoms with van der Waals surface area (Å²) in [6.07, 6.45) is 3.74. The van der Waals surface area contributed by atoms with Crippen LogP contribution in [0.1, 0.15) is 18.5 Å². The molecule has 0 amide bonds. The van der Waals surface area contributed by atoms with E-state index in [1.54, 1.807) is 0 Å². The van der Waals surface area contributed by atoms with Crippen molar-refractivity contribution in [2.45, 2.75) is 19.3 Å². The lowest BCUT2D eigenvalue weighted by Gasteiger charge is -2.12. The number of hydrogen-bond donors (Lipinski definition) is 2. The first kappa shape index (κ1) is 8.56. The molecule has 1 saturated heterocycles. The summed E-state index contributed by atoms with van der Waals surface area (Å²) < 4.78 is 0. The number of nitrogens with zero attached hydrogens (tertiary/aromatic N) is 2. The van der Waals surface area contributed by atoms with E-state index in [9.17, 15) is 0 Å². The molecule has 1 fully saturated rings. The first-order chi connectivity index (χ1) is 6.34. The molecule has 13 heavy (non-hydrogen) atoms. The lowest BCUT2D eigenvalue weighted by atomic mass is 10.3. The van der Waals surface area contributed by atoms with Gasteiger partial charge in [0.15, 0.2) is 0 Å². The number of rotatable bonds is 3. The predicted molar refractivity (Wildman–Crippen MR) is 52.4 cm³/mol. The highest BCUT2D eigenvalue weighted by molar-refractivity contribution is 5.28. The fourth-order valence-electron chi connectivity index (χ4n) is 1.79. The van der Waals surface area contributed by atoms with E-state index >= 15 is 0 Å². The van der Waals surface area contributed by atoms with Crippen LogP contribution in [0.2, 0.25) is 0 Å². The normalized spacial score (nSPS) is 18.2. The lowest BCUT2D eigenvalue weighted by Crippen LogP contribution is -2.22. The maximum absolute atomic E-state index is 5.51. The van der Waals surface area contributed by atoms with Gasteiger partial charge in [-0.15, -0.1) is 0 Å². The fourth-order valence-corrected chi connectivity index (χ4v) is 1.79. The average Bonchev–Trinajstić information content (AvgIpc) is 2.71. The molecule has 4 heteroatoms. The minimum atomic E-state index is 0.594. The zero-order valence-electron chi connectivity index (χ0n) is 7.79. The molecule has 2 heterocycles. The van der Waals surface area contributed by atoms with Gasteiger partial charge in [0.25, 0.3) is 0 Å². The van der Waals surface area contributed by atoms with Crippen LogP contribution in [0.15, 0.2) is 6.07 Å². The molecule has 0 bridgehead atoms. The van der Waals surface area contributed by atoms with Crippen LogP contribution in [0.4, 0.5) is 5.82 Å². The third kappa shape index (κ3) is 2.21. The number of nitrogens with one attached hydrogen (secondary N) is 1. The van der Waals surface area contributed by atoms with Crippen LogP contribution < -0.4 is 5.73 Å². The van der Waals surface area contributed by atoms with Crippen molar-refractivity contribution < 1.29 is 0 Å². The van der Waals surface area contributed by atoms with E-state index in [4.69, 9.17) is 5.73 Å². The van der Waals surface area contributed by atoms with Crippen molar-refractivity contribution in [2.75, 3.05) is 25.4 Å². The third-order valence-electron chi connectivity index (χ3n) is 2.55. The highest BCUT2D eigenvalue weighted by Crippen LogP contribution is 2.08. The molecule has 4 nitrogen and oxygen atoms in total. The Labute approximate surface area is 78.1 Å². The van der Waals surface area contributed by atoms with E-state index < -0.39 is 0 Å². The van der Waals surface area contributed by atoms with Crippen LogP contribution in [0, 0.1) is 0 Å². The van der Waals surface area contributed by atoms with E-state index in [1.165, 1.54) is 25.9 Å². The highest BCUT2D eigenvalue weighted by Gasteiger charge is 2.11. The highest BCUT2D eigenvalue weighted by atomic mass is 15.2. The van der Waals surface area contributed by atoms with Crippen molar-refractivity contribution in [1.82, 2.24) is 15.1 Å². The van der Waals surface area contributed by atoms with Gasteiger partial charge in [-0.05, 0) is 25.9 Å². The molecule has 0 saturated carbocycles. The number of H-pyrrole nitrogens is 1. The Bertz CT molecular complexity index is 262. The van der Waals surface area contributed by atoms with Crippen LogP contribution in [0.25, 0.3) is 0 Å². The zero-order chi connectivity index (χ0) is 9.10. The number of aromatic amines is 1. The molecular formula is C9H16N4. The Balaban J connectivity index is 1.78. The molecule has 1 aliphatic heterocycles. The number of likely N-dealkylation sites (tertiary alicyclic amines) is 1. The Morgan fingerprint density at radius 3 is 2.85 bits per heavy atom. The number of nitrogen functional groups attached to an aromatic ring is 1. The van der Waals surface area contributed by atoms with E-state index in [2.05, 4.69) is 15.1 Å². The number of hydrogen-bond acceptors (Lipinski definition) is 3. The van der Waals surface area contributed by atoms with Gasteiger partial charge in [-0.3, -0.25) is 5.10 Å². The summed E-state index contributed by atoms with van der Waals surface area (Å²) in [5.74, 6) is 0.594. The fraction of sp³-hybridized carbons (Fsp3) is 0.667. The number of aromatic nitrogens is 2. The van der Waals surface area contributed by atoms with Crippen LogP contribution in [-0.4, -0.2) is 34.7 Å². The van der Waals surface area contributed by atoms with Gasteiger partial charge in [-0.25, -0.2) is 0 Å². The molecule has 0 atom stereocenters. The second kappa shape index (κ2) is 3.79. The van der Waals surface area contributed by atoms with Gasteiger partial charge in [0.1, 0.15) is 5.82 Å². The smallest absolute Gasteiger partial charge is 0.145 e. The van der Waals surface area contributed by atoms with Crippen molar-refractivity contribution >= 4 is 5.82 Å². The summed E-state index contributed by atoms with van der Waals surface area (Å²) in [7, 11) is 0. The maximum Gasteiger partial charge on any atom is 0.145 e. The van der Waals surface area contributed by atoms with Crippen molar-refractivity contribution in [3.05, 3.63) is 11.8 Å². The molecule has 72 valence electrons. The van der Waals surface area contributed by atoms with Gasteiger partial charge < -0.3 is 10.6 Å². The Hall–Kier alpha value is -1.03. The molecule has 3 N–H and O–H groups in total. The topological polar surface area (TPSA) is 57.9 Å². The van der Waals surface area contributed by atoms with Crippen molar-refractivity contribution in [2.24, 2.45) is 0 Å². The van der Waals surface area contributed by atoms with Gasteiger partial charge in [0.2, 0.25) is 0 Å². The van der Waals surface area contributed by atoms with Crippen LogP contribution in [0.5, 0.6) is 0 Å². The molecule has 0 spiro atoms. The molecule has 0 aromatic carbocycles. The quantitative estimate of drug-likeness (QED) is 0.717. The number of anilines is 1. The second-order valence-electron chi connectivity index (χ2n) is 3.62. The van der Waals surface area contributed by atoms with Crippen molar-refractivity contribution in [3.8, 4) is 0 Å². The molecule has 1 aromatic heterocycles. The second-order valence-corrected chi connectivity index (χ2v) is 3.62. The summed E-state index contributed by atoms with van der Waals surface area (Å²) in [5.41, 5.74) is 6.65. The molecule has 1 aromatic rings. The first-order valence-corrected chi connectivity index (χ1v) is 4.87. The van der Waals surface area contributed by atoms with E-state index in [0.717, 1.165) is 18.7 Å². The summed E-state index contributed by atoms with van der Waals surface area (Å²) in [6, 6.07) is 1.91. The largest absolute Gasteiger partial charge is 0.382 e. The minimum Gasteiger partial charge on any atom is -0.382 e. The molecule has 0 aliphatic carbocycles. The Morgan fingerprint density at radius 1 is 1.46 bits per heavy atom. The van der Waals surface area contributed by atoms with Crippen LogP contribution in [0.3, 0.4) is 0 Å².